The Labute approximate surface area is 140 Å². The highest BCUT2D eigenvalue weighted by molar-refractivity contribution is 6.31. The largest absolute Gasteiger partial charge is 0.488 e. The maximum Gasteiger partial charge on any atom is 0.153 e. The third-order valence-electron chi connectivity index (χ3n) is 3.69. The van der Waals surface area contributed by atoms with Crippen molar-refractivity contribution in [2.24, 2.45) is 0 Å². The zero-order chi connectivity index (χ0) is 16.8. The van der Waals surface area contributed by atoms with Crippen LogP contribution in [0.3, 0.4) is 0 Å². The average Bonchev–Trinajstić information content (AvgIpc) is 2.56. The fraction of sp³-hybridized carbons (Fsp3) is 0.278. The van der Waals surface area contributed by atoms with Gasteiger partial charge in [-0.2, -0.15) is 0 Å². The number of halogens is 2. The first-order valence-corrected chi connectivity index (χ1v) is 7.88. The third-order valence-corrected chi connectivity index (χ3v) is 4.04. The van der Waals surface area contributed by atoms with Crippen LogP contribution in [0.15, 0.2) is 36.4 Å². The molecule has 0 unspecified atom stereocenters. The summed E-state index contributed by atoms with van der Waals surface area (Å²) in [6, 6.07) is 9.86. The van der Waals surface area contributed by atoms with E-state index in [1.165, 1.54) is 6.07 Å². The molecular formula is C18H19ClFNO2. The van der Waals surface area contributed by atoms with Gasteiger partial charge in [0.25, 0.3) is 0 Å². The number of ether oxygens (including phenoxy) is 1. The molecule has 0 radical (unpaired) electrons. The van der Waals surface area contributed by atoms with E-state index in [0.717, 1.165) is 25.1 Å². The van der Waals surface area contributed by atoms with Crippen molar-refractivity contribution in [3.63, 3.8) is 0 Å². The summed E-state index contributed by atoms with van der Waals surface area (Å²) in [5.41, 5.74) is 1.66. The summed E-state index contributed by atoms with van der Waals surface area (Å²) in [5.74, 6) is -0.00577. The SMILES string of the molecule is CCN(CC)c1ccc(C=O)c(OCc2c(F)cccc2Cl)c1. The Hall–Kier alpha value is -2.07. The van der Waals surface area contributed by atoms with Crippen molar-refractivity contribution in [1.82, 2.24) is 0 Å². The van der Waals surface area contributed by atoms with Gasteiger partial charge in [-0.25, -0.2) is 4.39 Å². The van der Waals surface area contributed by atoms with Crippen LogP contribution >= 0.6 is 11.6 Å². The van der Waals surface area contributed by atoms with Gasteiger partial charge in [0.2, 0.25) is 0 Å². The molecule has 2 aromatic carbocycles. The van der Waals surface area contributed by atoms with Crippen LogP contribution in [0.1, 0.15) is 29.8 Å². The quantitative estimate of drug-likeness (QED) is 0.686. The molecule has 0 saturated heterocycles. The fourth-order valence-corrected chi connectivity index (χ4v) is 2.57. The third kappa shape index (κ3) is 4.02. The van der Waals surface area contributed by atoms with Crippen LogP contribution in [0, 0.1) is 5.82 Å². The molecule has 0 heterocycles. The summed E-state index contributed by atoms with van der Waals surface area (Å²) in [6.45, 7) is 5.76. The molecule has 0 aliphatic rings. The molecule has 0 spiro atoms. The van der Waals surface area contributed by atoms with Gasteiger partial charge in [-0.3, -0.25) is 4.79 Å². The Bertz CT molecular complexity index is 666. The van der Waals surface area contributed by atoms with Gasteiger partial charge in [0.15, 0.2) is 6.29 Å². The molecule has 0 atom stereocenters. The van der Waals surface area contributed by atoms with Gasteiger partial charge in [-0.05, 0) is 38.1 Å². The Morgan fingerprint density at radius 2 is 1.96 bits per heavy atom. The second kappa shape index (κ2) is 7.97. The van der Waals surface area contributed by atoms with Crippen LogP contribution in [0.2, 0.25) is 5.02 Å². The van der Waals surface area contributed by atoms with Crippen LogP contribution in [0.25, 0.3) is 0 Å². The lowest BCUT2D eigenvalue weighted by molar-refractivity contribution is 0.111. The Morgan fingerprint density at radius 1 is 1.22 bits per heavy atom. The molecular weight excluding hydrogens is 317 g/mol. The van der Waals surface area contributed by atoms with E-state index in [9.17, 15) is 9.18 Å². The number of hydrogen-bond donors (Lipinski definition) is 0. The van der Waals surface area contributed by atoms with Gasteiger partial charge in [0.05, 0.1) is 10.6 Å². The molecule has 0 aliphatic carbocycles. The predicted octanol–water partition coefficient (Wildman–Crippen LogP) is 4.72. The Kier molecular flexibility index (Phi) is 5.99. The molecule has 0 fully saturated rings. The van der Waals surface area contributed by atoms with Crippen LogP contribution in [0.5, 0.6) is 5.75 Å². The Morgan fingerprint density at radius 3 is 2.57 bits per heavy atom. The minimum Gasteiger partial charge on any atom is -0.488 e. The van der Waals surface area contributed by atoms with Gasteiger partial charge < -0.3 is 9.64 Å². The van der Waals surface area contributed by atoms with Gasteiger partial charge in [-0.1, -0.05) is 17.7 Å². The van der Waals surface area contributed by atoms with E-state index in [1.54, 1.807) is 24.3 Å². The molecule has 5 heteroatoms. The van der Waals surface area contributed by atoms with Crippen molar-refractivity contribution in [2.45, 2.75) is 20.5 Å². The number of anilines is 1. The van der Waals surface area contributed by atoms with Crippen molar-refractivity contribution >= 4 is 23.6 Å². The van der Waals surface area contributed by atoms with E-state index < -0.39 is 5.82 Å². The first-order valence-electron chi connectivity index (χ1n) is 7.50. The maximum atomic E-state index is 13.8. The summed E-state index contributed by atoms with van der Waals surface area (Å²) < 4.78 is 19.5. The molecule has 0 aromatic heterocycles. The molecule has 0 saturated carbocycles. The van der Waals surface area contributed by atoms with Crippen molar-refractivity contribution < 1.29 is 13.9 Å². The lowest BCUT2D eigenvalue weighted by atomic mass is 10.1. The molecule has 0 N–H and O–H groups in total. The van der Waals surface area contributed by atoms with Gasteiger partial charge in [0, 0.05) is 30.4 Å². The first-order chi connectivity index (χ1) is 11.1. The number of carbonyl (C=O) groups is 1. The van der Waals surface area contributed by atoms with E-state index in [-0.39, 0.29) is 12.2 Å². The van der Waals surface area contributed by atoms with Crippen LogP contribution in [-0.4, -0.2) is 19.4 Å². The number of hydrogen-bond acceptors (Lipinski definition) is 3. The first kappa shape index (κ1) is 17.3. The van der Waals surface area contributed by atoms with E-state index in [4.69, 9.17) is 16.3 Å². The second-order valence-electron chi connectivity index (χ2n) is 5.00. The van der Waals surface area contributed by atoms with Crippen molar-refractivity contribution in [1.29, 1.82) is 0 Å². The number of benzene rings is 2. The molecule has 2 aromatic rings. The zero-order valence-corrected chi connectivity index (χ0v) is 13.9. The van der Waals surface area contributed by atoms with Crippen molar-refractivity contribution in [3.8, 4) is 5.75 Å². The van der Waals surface area contributed by atoms with E-state index >= 15 is 0 Å². The summed E-state index contributed by atoms with van der Waals surface area (Å²) in [4.78, 5) is 13.3. The minimum absolute atomic E-state index is 0.0337. The summed E-state index contributed by atoms with van der Waals surface area (Å²) >= 11 is 6.00. The molecule has 2 rings (SSSR count). The summed E-state index contributed by atoms with van der Waals surface area (Å²) in [6.07, 6.45) is 0.726. The normalized spacial score (nSPS) is 10.4. The monoisotopic (exact) mass is 335 g/mol. The van der Waals surface area contributed by atoms with Gasteiger partial charge in [-0.15, -0.1) is 0 Å². The van der Waals surface area contributed by atoms with Crippen LogP contribution < -0.4 is 9.64 Å². The standard InChI is InChI=1S/C18H19ClFNO2/c1-3-21(4-2)14-9-8-13(11-22)18(10-14)23-12-15-16(19)6-5-7-17(15)20/h5-11H,3-4,12H2,1-2H3. The molecule has 23 heavy (non-hydrogen) atoms. The summed E-state index contributed by atoms with van der Waals surface area (Å²) in [5, 5.41) is 0.303. The number of carbonyl (C=O) groups excluding carboxylic acids is 1. The molecule has 122 valence electrons. The summed E-state index contributed by atoms with van der Waals surface area (Å²) in [7, 11) is 0. The maximum absolute atomic E-state index is 13.8. The van der Waals surface area contributed by atoms with Crippen LogP contribution in [0.4, 0.5) is 10.1 Å². The highest BCUT2D eigenvalue weighted by Gasteiger charge is 2.12. The van der Waals surface area contributed by atoms with Gasteiger partial charge in [0.1, 0.15) is 18.2 Å². The highest BCUT2D eigenvalue weighted by atomic mass is 35.5. The minimum atomic E-state index is -0.426. The molecule has 0 aliphatic heterocycles. The fourth-order valence-electron chi connectivity index (χ4n) is 2.35. The Balaban J connectivity index is 2.27. The highest BCUT2D eigenvalue weighted by Crippen LogP contribution is 2.27. The number of aldehydes is 1. The molecule has 0 amide bonds. The smallest absolute Gasteiger partial charge is 0.153 e. The average molecular weight is 336 g/mol. The predicted molar refractivity (Wildman–Crippen MR) is 91.1 cm³/mol. The zero-order valence-electron chi connectivity index (χ0n) is 13.2. The van der Waals surface area contributed by atoms with Gasteiger partial charge >= 0.3 is 0 Å². The molecule has 0 bridgehead atoms. The van der Waals surface area contributed by atoms with Crippen molar-refractivity contribution in [2.75, 3.05) is 18.0 Å². The van der Waals surface area contributed by atoms with Crippen molar-refractivity contribution in [3.05, 3.63) is 58.4 Å². The van der Waals surface area contributed by atoms with E-state index in [1.807, 2.05) is 6.07 Å². The lowest BCUT2D eigenvalue weighted by Crippen LogP contribution is -2.21. The number of nitrogens with zero attached hydrogens (tertiary/aromatic N) is 1. The van der Waals surface area contributed by atoms with Crippen LogP contribution in [-0.2, 0) is 6.61 Å². The topological polar surface area (TPSA) is 29.5 Å². The number of rotatable bonds is 7. The van der Waals surface area contributed by atoms with E-state index in [2.05, 4.69) is 18.7 Å². The van der Waals surface area contributed by atoms with E-state index in [0.29, 0.717) is 16.3 Å². The second-order valence-corrected chi connectivity index (χ2v) is 5.41. The molecule has 3 nitrogen and oxygen atoms in total. The lowest BCUT2D eigenvalue weighted by Gasteiger charge is -2.22.